The molecule has 0 bridgehead atoms. The molecule has 0 radical (unpaired) electrons. The Labute approximate surface area is 166 Å². The van der Waals surface area contributed by atoms with Gasteiger partial charge in [0.1, 0.15) is 5.75 Å². The Hall–Kier alpha value is -2.04. The number of aryl methyl sites for hydroxylation is 1. The van der Waals surface area contributed by atoms with Crippen molar-refractivity contribution in [1.82, 2.24) is 4.90 Å². The number of likely N-dealkylation sites (tertiary alicyclic amines) is 1. The zero-order valence-corrected chi connectivity index (χ0v) is 16.8. The van der Waals surface area contributed by atoms with E-state index in [9.17, 15) is 4.79 Å². The molecule has 1 aliphatic rings. The molecular weight excluding hydrogens is 360 g/mol. The predicted molar refractivity (Wildman–Crippen MR) is 110 cm³/mol. The van der Waals surface area contributed by atoms with E-state index in [1.165, 1.54) is 5.56 Å². The van der Waals surface area contributed by atoms with Crippen molar-refractivity contribution in [2.75, 3.05) is 25.0 Å². The number of hydrogen-bond acceptors (Lipinski definition) is 3. The van der Waals surface area contributed by atoms with Crippen LogP contribution in [0.4, 0.5) is 5.69 Å². The minimum Gasteiger partial charge on any atom is -0.494 e. The van der Waals surface area contributed by atoms with Gasteiger partial charge in [0.2, 0.25) is 5.91 Å². The highest BCUT2D eigenvalue weighted by molar-refractivity contribution is 6.31. The number of piperidine rings is 1. The predicted octanol–water partition coefficient (Wildman–Crippen LogP) is 4.90. The number of nitrogens with zero attached hydrogens (tertiary/aromatic N) is 1. The minimum atomic E-state index is 0.0519. The van der Waals surface area contributed by atoms with E-state index in [2.05, 4.69) is 22.3 Å². The molecule has 3 rings (SSSR count). The Morgan fingerprint density at radius 2 is 2.00 bits per heavy atom. The van der Waals surface area contributed by atoms with Crippen LogP contribution in [-0.2, 0) is 11.3 Å². The molecule has 1 aliphatic heterocycles. The van der Waals surface area contributed by atoms with Gasteiger partial charge in [0, 0.05) is 23.2 Å². The van der Waals surface area contributed by atoms with Gasteiger partial charge in [-0.3, -0.25) is 9.69 Å². The largest absolute Gasteiger partial charge is 0.494 e. The summed E-state index contributed by atoms with van der Waals surface area (Å²) in [6, 6.07) is 13.9. The number of benzene rings is 2. The van der Waals surface area contributed by atoms with Gasteiger partial charge in [-0.2, -0.15) is 0 Å². The van der Waals surface area contributed by atoms with Crippen LogP contribution in [0.25, 0.3) is 0 Å². The molecule has 0 saturated carbocycles. The number of halogens is 1. The third kappa shape index (κ3) is 5.47. The van der Waals surface area contributed by atoms with E-state index in [0.29, 0.717) is 11.6 Å². The fourth-order valence-corrected chi connectivity index (χ4v) is 3.61. The summed E-state index contributed by atoms with van der Waals surface area (Å²) in [5.74, 6) is 1.06. The first-order chi connectivity index (χ1) is 13.0. The summed E-state index contributed by atoms with van der Waals surface area (Å²) in [6.07, 6.45) is 1.74. The second-order valence-corrected chi connectivity index (χ2v) is 7.49. The number of ether oxygens (including phenoxy) is 1. The average Bonchev–Trinajstić information content (AvgIpc) is 2.66. The molecule has 4 nitrogen and oxygen atoms in total. The lowest BCUT2D eigenvalue weighted by Gasteiger charge is -2.31. The Morgan fingerprint density at radius 3 is 2.70 bits per heavy atom. The van der Waals surface area contributed by atoms with Gasteiger partial charge in [0.25, 0.3) is 0 Å². The van der Waals surface area contributed by atoms with Crippen LogP contribution in [0.15, 0.2) is 42.5 Å². The van der Waals surface area contributed by atoms with Gasteiger partial charge in [-0.15, -0.1) is 0 Å². The summed E-state index contributed by atoms with van der Waals surface area (Å²) in [7, 11) is 0. The highest BCUT2D eigenvalue weighted by atomic mass is 35.5. The molecule has 0 unspecified atom stereocenters. The lowest BCUT2D eigenvalue weighted by molar-refractivity contribution is -0.121. The van der Waals surface area contributed by atoms with Crippen LogP contribution in [0, 0.1) is 12.8 Å². The van der Waals surface area contributed by atoms with Crippen LogP contribution < -0.4 is 10.1 Å². The van der Waals surface area contributed by atoms with Crippen molar-refractivity contribution < 1.29 is 9.53 Å². The van der Waals surface area contributed by atoms with Crippen molar-refractivity contribution in [3.05, 3.63) is 58.6 Å². The molecule has 1 saturated heterocycles. The third-order valence-corrected chi connectivity index (χ3v) is 5.42. The average molecular weight is 387 g/mol. The monoisotopic (exact) mass is 386 g/mol. The van der Waals surface area contributed by atoms with E-state index in [-0.39, 0.29) is 11.8 Å². The quantitative estimate of drug-likeness (QED) is 0.767. The first kappa shape index (κ1) is 19.7. The zero-order valence-electron chi connectivity index (χ0n) is 16.0. The Bertz CT molecular complexity index is 786. The van der Waals surface area contributed by atoms with E-state index in [1.54, 1.807) is 0 Å². The maximum atomic E-state index is 12.6. The Morgan fingerprint density at radius 1 is 1.22 bits per heavy atom. The van der Waals surface area contributed by atoms with Crippen molar-refractivity contribution in [2.45, 2.75) is 33.2 Å². The van der Waals surface area contributed by atoms with Crippen molar-refractivity contribution >= 4 is 23.2 Å². The summed E-state index contributed by atoms with van der Waals surface area (Å²) in [4.78, 5) is 15.0. The zero-order chi connectivity index (χ0) is 19.2. The number of rotatable bonds is 6. The molecule has 1 amide bonds. The van der Waals surface area contributed by atoms with Crippen molar-refractivity contribution in [3.8, 4) is 5.75 Å². The molecule has 144 valence electrons. The fourth-order valence-electron chi connectivity index (χ4n) is 3.43. The van der Waals surface area contributed by atoms with Crippen LogP contribution in [0.2, 0.25) is 5.02 Å². The first-order valence-corrected chi connectivity index (χ1v) is 9.94. The maximum Gasteiger partial charge on any atom is 0.227 e. The topological polar surface area (TPSA) is 41.6 Å². The van der Waals surface area contributed by atoms with Gasteiger partial charge in [-0.05, 0) is 75.2 Å². The number of carbonyl (C=O) groups is 1. The summed E-state index contributed by atoms with van der Waals surface area (Å²) in [5.41, 5.74) is 3.03. The number of nitrogens with one attached hydrogen (secondary N) is 1. The van der Waals surface area contributed by atoms with Crippen molar-refractivity contribution in [2.24, 2.45) is 5.92 Å². The first-order valence-electron chi connectivity index (χ1n) is 9.56. The molecule has 27 heavy (non-hydrogen) atoms. The minimum absolute atomic E-state index is 0.0519. The molecule has 2 aromatic carbocycles. The molecule has 5 heteroatoms. The number of amides is 1. The van der Waals surface area contributed by atoms with Gasteiger partial charge in [0.15, 0.2) is 0 Å². The normalized spacial score (nSPS) is 15.5. The van der Waals surface area contributed by atoms with Gasteiger partial charge in [-0.1, -0.05) is 29.8 Å². The lowest BCUT2D eigenvalue weighted by atomic mass is 9.95. The van der Waals surface area contributed by atoms with Crippen molar-refractivity contribution in [1.29, 1.82) is 0 Å². The number of carbonyl (C=O) groups excluding carboxylic acids is 1. The van der Waals surface area contributed by atoms with E-state index >= 15 is 0 Å². The third-order valence-electron chi connectivity index (χ3n) is 5.01. The summed E-state index contributed by atoms with van der Waals surface area (Å²) in [6.45, 7) is 7.36. The highest BCUT2D eigenvalue weighted by Crippen LogP contribution is 2.24. The SMILES string of the molecule is CCOc1cccc(CN2CCC(C(=O)Nc3ccc(C)c(Cl)c3)CC2)c1. The summed E-state index contributed by atoms with van der Waals surface area (Å²) >= 11 is 6.14. The maximum absolute atomic E-state index is 12.6. The van der Waals surface area contributed by atoms with E-state index < -0.39 is 0 Å². The Kier molecular flexibility index (Phi) is 6.75. The Balaban J connectivity index is 1.50. The van der Waals surface area contributed by atoms with Crippen LogP contribution >= 0.6 is 11.6 Å². The molecule has 1 fully saturated rings. The second-order valence-electron chi connectivity index (χ2n) is 7.08. The highest BCUT2D eigenvalue weighted by Gasteiger charge is 2.25. The van der Waals surface area contributed by atoms with E-state index in [4.69, 9.17) is 16.3 Å². The second kappa shape index (κ2) is 9.25. The molecular formula is C22H27ClN2O2. The standard InChI is InChI=1S/C22H27ClN2O2/c1-3-27-20-6-4-5-17(13-20)15-25-11-9-18(10-12-25)22(26)24-19-8-7-16(2)21(23)14-19/h4-8,13-14,18H,3,9-12,15H2,1-2H3,(H,24,26). The molecule has 0 aromatic heterocycles. The molecule has 1 heterocycles. The molecule has 0 aliphatic carbocycles. The van der Waals surface area contributed by atoms with Gasteiger partial charge >= 0.3 is 0 Å². The number of anilines is 1. The van der Waals surface area contributed by atoms with Crippen molar-refractivity contribution in [3.63, 3.8) is 0 Å². The number of hydrogen-bond donors (Lipinski definition) is 1. The summed E-state index contributed by atoms with van der Waals surface area (Å²) < 4.78 is 5.58. The fraction of sp³-hybridized carbons (Fsp3) is 0.409. The molecule has 0 atom stereocenters. The van der Waals surface area contributed by atoms with E-state index in [1.807, 2.05) is 44.2 Å². The molecule has 0 spiro atoms. The van der Waals surface area contributed by atoms with Crippen LogP contribution in [-0.4, -0.2) is 30.5 Å². The lowest BCUT2D eigenvalue weighted by Crippen LogP contribution is -2.37. The van der Waals surface area contributed by atoms with Crippen LogP contribution in [0.5, 0.6) is 5.75 Å². The molecule has 1 N–H and O–H groups in total. The summed E-state index contributed by atoms with van der Waals surface area (Å²) in [5, 5.41) is 3.68. The van der Waals surface area contributed by atoms with Crippen LogP contribution in [0.3, 0.4) is 0 Å². The molecule has 2 aromatic rings. The van der Waals surface area contributed by atoms with E-state index in [0.717, 1.165) is 49.5 Å². The van der Waals surface area contributed by atoms with Gasteiger partial charge < -0.3 is 10.1 Å². The smallest absolute Gasteiger partial charge is 0.227 e. The van der Waals surface area contributed by atoms with Gasteiger partial charge in [0.05, 0.1) is 6.61 Å². The van der Waals surface area contributed by atoms with Crippen LogP contribution in [0.1, 0.15) is 30.9 Å². The van der Waals surface area contributed by atoms with Gasteiger partial charge in [-0.25, -0.2) is 0 Å².